The van der Waals surface area contributed by atoms with Gasteiger partial charge in [0.15, 0.2) is 0 Å². The van der Waals surface area contributed by atoms with Crippen LogP contribution < -0.4 is 0 Å². The van der Waals surface area contributed by atoms with E-state index in [2.05, 4.69) is 4.98 Å². The van der Waals surface area contributed by atoms with Crippen LogP contribution in [0.15, 0.2) is 60.9 Å². The van der Waals surface area contributed by atoms with Crippen molar-refractivity contribution in [2.24, 2.45) is 0 Å². The first-order valence-electron chi connectivity index (χ1n) is 10.00. The van der Waals surface area contributed by atoms with Crippen molar-refractivity contribution in [1.82, 2.24) is 19.4 Å². The van der Waals surface area contributed by atoms with Crippen LogP contribution in [0.3, 0.4) is 0 Å². The number of likely N-dealkylation sites (N-methyl/N-ethyl adjacent to an activating group) is 1. The number of nitrogens with zero attached hydrogens (tertiary/aromatic N) is 4. The molecule has 0 saturated carbocycles. The Hall–Kier alpha value is -3.20. The molecule has 0 aliphatic heterocycles. The lowest BCUT2D eigenvalue weighted by atomic mass is 10.1. The molecule has 1 aromatic heterocycles. The second-order valence-corrected chi connectivity index (χ2v) is 7.67. The number of aromatic nitrogens is 2. The molecule has 0 N–H and O–H groups in total. The van der Waals surface area contributed by atoms with Crippen molar-refractivity contribution in [3.05, 3.63) is 89.3 Å². The summed E-state index contributed by atoms with van der Waals surface area (Å²) in [7, 11) is 3.72. The predicted molar refractivity (Wildman–Crippen MR) is 112 cm³/mol. The van der Waals surface area contributed by atoms with Gasteiger partial charge in [0.1, 0.15) is 11.6 Å². The van der Waals surface area contributed by atoms with Crippen LogP contribution in [0.5, 0.6) is 0 Å². The summed E-state index contributed by atoms with van der Waals surface area (Å²) in [5, 5.41) is 0. The largest absolute Gasteiger partial charge is 0.416 e. The Morgan fingerprint density at radius 1 is 1.06 bits per heavy atom. The van der Waals surface area contributed by atoms with Gasteiger partial charge in [0.05, 0.1) is 12.1 Å². The lowest BCUT2D eigenvalue weighted by Gasteiger charge is -2.25. The van der Waals surface area contributed by atoms with Gasteiger partial charge in [0.25, 0.3) is 5.91 Å². The fraction of sp³-hybridized carbons (Fsp3) is 0.304. The van der Waals surface area contributed by atoms with Gasteiger partial charge >= 0.3 is 6.18 Å². The maximum Gasteiger partial charge on any atom is 0.416 e. The third-order valence-corrected chi connectivity index (χ3v) is 4.97. The summed E-state index contributed by atoms with van der Waals surface area (Å²) in [6, 6.07) is 10.8. The minimum absolute atomic E-state index is 0.0410. The number of alkyl halides is 3. The third kappa shape index (κ3) is 5.94. The van der Waals surface area contributed by atoms with Crippen LogP contribution >= 0.6 is 0 Å². The van der Waals surface area contributed by atoms with E-state index in [0.29, 0.717) is 18.9 Å². The van der Waals surface area contributed by atoms with Gasteiger partial charge in [-0.15, -0.1) is 0 Å². The Bertz CT molecular complexity index is 1060. The first-order valence-corrected chi connectivity index (χ1v) is 10.00. The Balaban J connectivity index is 1.86. The van der Waals surface area contributed by atoms with E-state index in [1.807, 2.05) is 19.0 Å². The molecule has 3 rings (SSSR count). The smallest absolute Gasteiger partial charge is 0.330 e. The molecule has 0 aliphatic rings. The van der Waals surface area contributed by atoms with Gasteiger partial charge in [-0.25, -0.2) is 9.37 Å². The van der Waals surface area contributed by atoms with Gasteiger partial charge < -0.3 is 14.4 Å². The Morgan fingerprint density at radius 2 is 1.81 bits per heavy atom. The van der Waals surface area contributed by atoms with Gasteiger partial charge in [0, 0.05) is 37.6 Å². The average Bonchev–Trinajstić information content (AvgIpc) is 3.16. The van der Waals surface area contributed by atoms with Gasteiger partial charge in [-0.1, -0.05) is 24.3 Å². The normalized spacial score (nSPS) is 11.7. The quantitative estimate of drug-likeness (QED) is 0.483. The molecule has 32 heavy (non-hydrogen) atoms. The molecule has 9 heteroatoms. The maximum atomic E-state index is 13.6. The van der Waals surface area contributed by atoms with Crippen molar-refractivity contribution < 1.29 is 22.4 Å². The van der Waals surface area contributed by atoms with Crippen LogP contribution in [-0.4, -0.2) is 52.4 Å². The Kier molecular flexibility index (Phi) is 7.29. The summed E-state index contributed by atoms with van der Waals surface area (Å²) in [4.78, 5) is 20.7. The van der Waals surface area contributed by atoms with E-state index in [0.717, 1.165) is 12.1 Å². The number of halogens is 4. The van der Waals surface area contributed by atoms with Crippen molar-refractivity contribution in [3.63, 3.8) is 0 Å². The third-order valence-electron chi connectivity index (χ3n) is 4.97. The number of hydrogen-bond acceptors (Lipinski definition) is 3. The average molecular weight is 448 g/mol. The van der Waals surface area contributed by atoms with E-state index in [9.17, 15) is 22.4 Å². The van der Waals surface area contributed by atoms with Crippen molar-refractivity contribution in [2.45, 2.75) is 19.3 Å². The fourth-order valence-corrected chi connectivity index (χ4v) is 3.30. The molecular weight excluding hydrogens is 424 g/mol. The molecular formula is C23H24F4N4O. The van der Waals surface area contributed by atoms with Crippen molar-refractivity contribution in [2.75, 3.05) is 27.2 Å². The van der Waals surface area contributed by atoms with Crippen LogP contribution in [-0.2, 0) is 19.3 Å². The Labute approximate surface area is 183 Å². The Morgan fingerprint density at radius 3 is 2.50 bits per heavy atom. The monoisotopic (exact) mass is 448 g/mol. The zero-order valence-corrected chi connectivity index (χ0v) is 17.8. The number of carbonyl (C=O) groups is 1. The van der Waals surface area contributed by atoms with E-state index >= 15 is 0 Å². The molecule has 2 aromatic carbocycles. The minimum atomic E-state index is -4.47. The summed E-state index contributed by atoms with van der Waals surface area (Å²) in [5.74, 6) is -0.462. The van der Waals surface area contributed by atoms with Crippen molar-refractivity contribution >= 4 is 5.91 Å². The maximum absolute atomic E-state index is 13.6. The first kappa shape index (κ1) is 23.5. The second kappa shape index (κ2) is 9.95. The summed E-state index contributed by atoms with van der Waals surface area (Å²) in [6.07, 6.45) is -1.40. The summed E-state index contributed by atoms with van der Waals surface area (Å²) < 4.78 is 55.4. The second-order valence-electron chi connectivity index (χ2n) is 7.67. The number of benzene rings is 2. The SMILES string of the molecule is CN(C)CCN(Cc1nccn1Cc1ccccc1C(F)(F)F)C(=O)c1cccc(F)c1. The number of hydrogen-bond donors (Lipinski definition) is 0. The van der Waals surface area contributed by atoms with E-state index in [1.165, 1.54) is 41.4 Å². The lowest BCUT2D eigenvalue weighted by molar-refractivity contribution is -0.138. The summed E-state index contributed by atoms with van der Waals surface area (Å²) >= 11 is 0. The molecule has 0 radical (unpaired) electrons. The molecule has 0 unspecified atom stereocenters. The van der Waals surface area contributed by atoms with Crippen LogP contribution in [0.2, 0.25) is 0 Å². The summed E-state index contributed by atoms with van der Waals surface area (Å²) in [5.41, 5.74) is -0.403. The van der Waals surface area contributed by atoms with Gasteiger partial charge in [-0.3, -0.25) is 4.79 Å². The zero-order chi connectivity index (χ0) is 23.3. The number of carbonyl (C=O) groups excluding carboxylic acids is 1. The van der Waals surface area contributed by atoms with E-state index in [1.54, 1.807) is 16.8 Å². The number of rotatable bonds is 8. The molecule has 3 aromatic rings. The summed E-state index contributed by atoms with van der Waals surface area (Å²) in [6.45, 7) is 0.929. The molecule has 1 heterocycles. The molecule has 0 bridgehead atoms. The molecule has 1 amide bonds. The zero-order valence-electron chi connectivity index (χ0n) is 17.8. The first-order chi connectivity index (χ1) is 15.1. The molecule has 0 fully saturated rings. The highest BCUT2D eigenvalue weighted by Gasteiger charge is 2.33. The van der Waals surface area contributed by atoms with E-state index in [4.69, 9.17) is 0 Å². The topological polar surface area (TPSA) is 41.4 Å². The van der Waals surface area contributed by atoms with Crippen LogP contribution in [0.25, 0.3) is 0 Å². The van der Waals surface area contributed by atoms with Gasteiger partial charge in [-0.05, 0) is 43.9 Å². The van der Waals surface area contributed by atoms with Crippen molar-refractivity contribution in [3.8, 4) is 0 Å². The van der Waals surface area contributed by atoms with Crippen LogP contribution in [0.4, 0.5) is 17.6 Å². The molecule has 170 valence electrons. The molecule has 0 atom stereocenters. The van der Waals surface area contributed by atoms with Gasteiger partial charge in [0.2, 0.25) is 0 Å². The van der Waals surface area contributed by atoms with E-state index in [-0.39, 0.29) is 30.1 Å². The lowest BCUT2D eigenvalue weighted by Crippen LogP contribution is -2.37. The number of amides is 1. The minimum Gasteiger partial charge on any atom is -0.330 e. The fourth-order valence-electron chi connectivity index (χ4n) is 3.30. The predicted octanol–water partition coefficient (Wildman–Crippen LogP) is 4.29. The highest BCUT2D eigenvalue weighted by molar-refractivity contribution is 5.94. The van der Waals surface area contributed by atoms with E-state index < -0.39 is 17.6 Å². The van der Waals surface area contributed by atoms with Crippen LogP contribution in [0, 0.1) is 5.82 Å². The van der Waals surface area contributed by atoms with Crippen LogP contribution in [0.1, 0.15) is 27.3 Å². The highest BCUT2D eigenvalue weighted by Crippen LogP contribution is 2.32. The molecule has 0 saturated heterocycles. The van der Waals surface area contributed by atoms with Crippen molar-refractivity contribution in [1.29, 1.82) is 0 Å². The molecule has 5 nitrogen and oxygen atoms in total. The van der Waals surface area contributed by atoms with Gasteiger partial charge in [-0.2, -0.15) is 13.2 Å². The molecule has 0 aliphatic carbocycles. The highest BCUT2D eigenvalue weighted by atomic mass is 19.4. The number of imidazole rings is 1. The standard InChI is InChI=1S/C23H24F4N4O/c1-29(2)12-13-31(22(32)17-7-5-8-19(24)14-17)16-21-28-10-11-30(21)15-18-6-3-4-9-20(18)23(25,26)27/h3-11,14H,12-13,15-16H2,1-2H3. The molecule has 0 spiro atoms.